The van der Waals surface area contributed by atoms with Crippen molar-refractivity contribution in [2.45, 2.75) is 25.3 Å². The number of hydrogen-bond acceptors (Lipinski definition) is 4. The minimum Gasteiger partial charge on any atom is -0.469 e. The summed E-state index contributed by atoms with van der Waals surface area (Å²) in [6.45, 7) is 0.348. The summed E-state index contributed by atoms with van der Waals surface area (Å²) in [5, 5.41) is 0. The van der Waals surface area contributed by atoms with E-state index in [0.29, 0.717) is 31.4 Å². The molecule has 1 amide bonds. The maximum Gasteiger partial charge on any atom is 0.409 e. The van der Waals surface area contributed by atoms with Crippen molar-refractivity contribution in [2.75, 3.05) is 20.8 Å². The summed E-state index contributed by atoms with van der Waals surface area (Å²) in [7, 11) is 2.60. The van der Waals surface area contributed by atoms with Crippen molar-refractivity contribution in [3.63, 3.8) is 0 Å². The third kappa shape index (κ3) is 3.97. The predicted molar refractivity (Wildman–Crippen MR) is 77.7 cm³/mol. The van der Waals surface area contributed by atoms with E-state index in [9.17, 15) is 18.4 Å². The molecule has 2 atom stereocenters. The first-order valence-electron chi connectivity index (χ1n) is 7.32. The summed E-state index contributed by atoms with van der Waals surface area (Å²) in [5.41, 5.74) is 0.549. The number of hydrogen-bond donors (Lipinski definition) is 0. The van der Waals surface area contributed by atoms with Crippen LogP contribution in [-0.2, 0) is 20.7 Å². The van der Waals surface area contributed by atoms with Gasteiger partial charge in [0, 0.05) is 12.6 Å². The summed E-state index contributed by atoms with van der Waals surface area (Å²) >= 11 is 0. The van der Waals surface area contributed by atoms with E-state index in [1.807, 2.05) is 0 Å². The van der Waals surface area contributed by atoms with Gasteiger partial charge in [-0.2, -0.15) is 0 Å². The first kappa shape index (κ1) is 17.2. The summed E-state index contributed by atoms with van der Waals surface area (Å²) in [6, 6.07) is 3.28. The molecule has 0 aromatic heterocycles. The lowest BCUT2D eigenvalue weighted by molar-refractivity contribution is -0.147. The molecule has 0 N–H and O–H groups in total. The summed E-state index contributed by atoms with van der Waals surface area (Å²) in [4.78, 5) is 25.1. The Hall–Kier alpha value is -2.18. The highest BCUT2D eigenvalue weighted by Crippen LogP contribution is 2.27. The van der Waals surface area contributed by atoms with Gasteiger partial charge in [-0.05, 0) is 37.0 Å². The fourth-order valence-corrected chi connectivity index (χ4v) is 2.92. The molecule has 0 saturated carbocycles. The van der Waals surface area contributed by atoms with Crippen LogP contribution in [0.5, 0.6) is 0 Å². The number of carbonyl (C=O) groups excluding carboxylic acids is 2. The van der Waals surface area contributed by atoms with Crippen molar-refractivity contribution < 1.29 is 27.8 Å². The molecule has 1 aromatic carbocycles. The van der Waals surface area contributed by atoms with Crippen molar-refractivity contribution in [1.82, 2.24) is 4.90 Å². The lowest BCUT2D eigenvalue weighted by Crippen LogP contribution is -2.48. The molecule has 0 bridgehead atoms. The fraction of sp³-hybridized carbons (Fsp3) is 0.500. The van der Waals surface area contributed by atoms with E-state index in [4.69, 9.17) is 9.47 Å². The van der Waals surface area contributed by atoms with Gasteiger partial charge in [0.25, 0.3) is 0 Å². The van der Waals surface area contributed by atoms with Gasteiger partial charge in [-0.3, -0.25) is 4.79 Å². The molecule has 2 rings (SSSR count). The van der Waals surface area contributed by atoms with Crippen LogP contribution in [0.4, 0.5) is 13.6 Å². The van der Waals surface area contributed by atoms with Crippen molar-refractivity contribution in [3.05, 3.63) is 35.4 Å². The number of likely N-dealkylation sites (tertiary alicyclic amines) is 1. The zero-order valence-corrected chi connectivity index (χ0v) is 13.1. The van der Waals surface area contributed by atoms with E-state index < -0.39 is 17.7 Å². The van der Waals surface area contributed by atoms with Gasteiger partial charge in [0.15, 0.2) is 11.6 Å². The van der Waals surface area contributed by atoms with Crippen LogP contribution in [0.2, 0.25) is 0 Å². The standard InChI is InChI=1S/C16H19F2NO4/c1-22-15(20)11-5-6-19(16(21)23-2)12(9-11)7-10-3-4-13(17)14(18)8-10/h3-4,8,11-12H,5-7,9H2,1-2H3. The molecule has 1 saturated heterocycles. The average Bonchev–Trinajstić information content (AvgIpc) is 2.56. The lowest BCUT2D eigenvalue weighted by atomic mass is 9.88. The van der Waals surface area contributed by atoms with Crippen LogP contribution in [0.25, 0.3) is 0 Å². The molecular formula is C16H19F2NO4. The SMILES string of the molecule is COC(=O)C1CCN(C(=O)OC)C(Cc2ccc(F)c(F)c2)C1. The van der Waals surface area contributed by atoms with Crippen LogP contribution in [-0.4, -0.2) is 43.8 Å². The molecule has 1 aliphatic heterocycles. The number of piperidine rings is 1. The van der Waals surface area contributed by atoms with Crippen molar-refractivity contribution in [2.24, 2.45) is 5.92 Å². The minimum atomic E-state index is -0.938. The van der Waals surface area contributed by atoms with Crippen LogP contribution in [0, 0.1) is 17.6 Å². The largest absolute Gasteiger partial charge is 0.469 e. The lowest BCUT2D eigenvalue weighted by Gasteiger charge is -2.37. The minimum absolute atomic E-state index is 0.305. The Morgan fingerprint density at radius 2 is 1.96 bits per heavy atom. The Morgan fingerprint density at radius 3 is 2.57 bits per heavy atom. The van der Waals surface area contributed by atoms with E-state index >= 15 is 0 Å². The van der Waals surface area contributed by atoms with E-state index in [1.165, 1.54) is 25.2 Å². The van der Waals surface area contributed by atoms with Gasteiger partial charge in [0.2, 0.25) is 0 Å². The van der Waals surface area contributed by atoms with Gasteiger partial charge in [-0.1, -0.05) is 6.07 Å². The Labute approximate surface area is 133 Å². The fourth-order valence-electron chi connectivity index (χ4n) is 2.92. The molecule has 2 unspecified atom stereocenters. The van der Waals surface area contributed by atoms with Gasteiger partial charge in [-0.25, -0.2) is 13.6 Å². The Morgan fingerprint density at radius 1 is 1.22 bits per heavy atom. The quantitative estimate of drug-likeness (QED) is 0.801. The van der Waals surface area contributed by atoms with E-state index in [0.717, 1.165) is 12.1 Å². The highest BCUT2D eigenvalue weighted by atomic mass is 19.2. The number of nitrogens with zero attached hydrogens (tertiary/aromatic N) is 1. The number of amides is 1. The smallest absolute Gasteiger partial charge is 0.409 e. The second-order valence-electron chi connectivity index (χ2n) is 5.51. The molecule has 1 heterocycles. The number of methoxy groups -OCH3 is 2. The van der Waals surface area contributed by atoms with Crippen molar-refractivity contribution in [1.29, 1.82) is 0 Å². The Bertz CT molecular complexity index is 593. The van der Waals surface area contributed by atoms with Gasteiger partial charge in [-0.15, -0.1) is 0 Å². The first-order chi connectivity index (χ1) is 11.0. The van der Waals surface area contributed by atoms with Crippen LogP contribution in [0.1, 0.15) is 18.4 Å². The van der Waals surface area contributed by atoms with E-state index in [2.05, 4.69) is 0 Å². The van der Waals surface area contributed by atoms with Crippen molar-refractivity contribution >= 4 is 12.1 Å². The van der Waals surface area contributed by atoms with Gasteiger partial charge in [0.05, 0.1) is 20.1 Å². The second kappa shape index (κ2) is 7.39. The third-order valence-electron chi connectivity index (χ3n) is 4.11. The summed E-state index contributed by atoms with van der Waals surface area (Å²) < 4.78 is 35.9. The molecule has 5 nitrogen and oxygen atoms in total. The Balaban J connectivity index is 2.18. The average molecular weight is 327 g/mol. The normalized spacial score (nSPS) is 21.0. The zero-order valence-electron chi connectivity index (χ0n) is 13.1. The van der Waals surface area contributed by atoms with E-state index in [-0.39, 0.29) is 17.9 Å². The molecule has 0 radical (unpaired) electrons. The second-order valence-corrected chi connectivity index (χ2v) is 5.51. The number of ether oxygens (including phenoxy) is 2. The molecule has 0 spiro atoms. The van der Waals surface area contributed by atoms with Crippen LogP contribution in [0.3, 0.4) is 0 Å². The number of esters is 1. The highest BCUT2D eigenvalue weighted by Gasteiger charge is 2.35. The first-order valence-corrected chi connectivity index (χ1v) is 7.32. The highest BCUT2D eigenvalue weighted by molar-refractivity contribution is 5.73. The maximum absolute atomic E-state index is 13.4. The predicted octanol–water partition coefficient (Wildman–Crippen LogP) is 2.53. The van der Waals surface area contributed by atoms with Gasteiger partial charge >= 0.3 is 12.1 Å². The number of carbonyl (C=O) groups is 2. The monoisotopic (exact) mass is 327 g/mol. The van der Waals surface area contributed by atoms with Gasteiger partial charge in [0.1, 0.15) is 0 Å². The molecule has 23 heavy (non-hydrogen) atoms. The molecule has 7 heteroatoms. The van der Waals surface area contributed by atoms with Gasteiger partial charge < -0.3 is 14.4 Å². The zero-order chi connectivity index (χ0) is 17.0. The Kier molecular flexibility index (Phi) is 5.52. The van der Waals surface area contributed by atoms with E-state index in [1.54, 1.807) is 0 Å². The molecule has 1 aliphatic rings. The number of rotatable bonds is 3. The number of halogens is 2. The van der Waals surface area contributed by atoms with Crippen LogP contribution in [0.15, 0.2) is 18.2 Å². The summed E-state index contributed by atoms with van der Waals surface area (Å²) in [5.74, 6) is -2.51. The van der Waals surface area contributed by atoms with Crippen LogP contribution < -0.4 is 0 Å². The molecule has 1 aromatic rings. The number of benzene rings is 1. The summed E-state index contributed by atoms with van der Waals surface area (Å²) in [6.07, 6.45) is 0.678. The maximum atomic E-state index is 13.4. The molecule has 126 valence electrons. The van der Waals surface area contributed by atoms with Crippen molar-refractivity contribution in [3.8, 4) is 0 Å². The third-order valence-corrected chi connectivity index (χ3v) is 4.11. The topological polar surface area (TPSA) is 55.8 Å². The van der Waals surface area contributed by atoms with Crippen LogP contribution >= 0.6 is 0 Å². The molecular weight excluding hydrogens is 308 g/mol. The molecule has 1 fully saturated rings. The molecule has 0 aliphatic carbocycles.